The molecule has 1 atom stereocenters. The van der Waals surface area contributed by atoms with Crippen LogP contribution >= 0.6 is 0 Å². The van der Waals surface area contributed by atoms with Gasteiger partial charge in [0.25, 0.3) is 0 Å². The number of hydrogen-bond acceptors (Lipinski definition) is 5. The minimum atomic E-state index is -1.79. The Kier molecular flexibility index (Phi) is 8.43. The molecule has 0 rings (SSSR count). The summed E-state index contributed by atoms with van der Waals surface area (Å²) in [6, 6.07) is 0. The van der Waals surface area contributed by atoms with Gasteiger partial charge in [0.1, 0.15) is 0 Å². The average molecular weight is 209 g/mol. The van der Waals surface area contributed by atoms with Crippen LogP contribution in [0.4, 0.5) is 0 Å². The van der Waals surface area contributed by atoms with Crippen LogP contribution in [0.25, 0.3) is 0 Å². The van der Waals surface area contributed by atoms with Crippen molar-refractivity contribution >= 4 is 17.9 Å². The van der Waals surface area contributed by atoms with Crippen molar-refractivity contribution in [3.8, 4) is 0 Å². The van der Waals surface area contributed by atoms with Crippen molar-refractivity contribution in [2.75, 3.05) is 6.54 Å². The van der Waals surface area contributed by atoms with Crippen molar-refractivity contribution in [1.29, 1.82) is 0 Å². The summed E-state index contributed by atoms with van der Waals surface area (Å²) >= 11 is 0. The molecule has 0 aliphatic heterocycles. The summed E-state index contributed by atoms with van der Waals surface area (Å²) in [5.74, 6) is -3.81. The minimum absolute atomic E-state index is 0.278. The second-order valence-corrected chi connectivity index (χ2v) is 2.05. The maximum absolute atomic E-state index is 9.72. The number of nitrogens with two attached hydrogens (primary N) is 1. The number of rotatable bonds is 4. The van der Waals surface area contributed by atoms with E-state index in [1.807, 2.05) is 0 Å². The molecule has 0 aromatic carbocycles. The fraction of sp³-hybridized carbons (Fsp3) is 0.500. The molecular weight excluding hydrogens is 198 g/mol. The average Bonchev–Trinajstić information content (AvgIpc) is 2.04. The van der Waals surface area contributed by atoms with Crippen LogP contribution in [0, 0.1) is 0 Å². The summed E-state index contributed by atoms with van der Waals surface area (Å²) in [6.45, 7) is -0.278. The predicted octanol–water partition coefficient (Wildman–Crippen LogP) is -2.06. The van der Waals surface area contributed by atoms with Gasteiger partial charge < -0.3 is 26.2 Å². The Labute approximate surface area is 78.6 Å². The molecule has 0 saturated carbocycles. The van der Waals surface area contributed by atoms with Crippen LogP contribution < -0.4 is 5.73 Å². The number of aliphatic hydroxyl groups is 1. The van der Waals surface area contributed by atoms with E-state index in [1.54, 1.807) is 0 Å². The zero-order valence-electron chi connectivity index (χ0n) is 7.08. The van der Waals surface area contributed by atoms with E-state index in [0.717, 1.165) is 0 Å². The van der Waals surface area contributed by atoms with Crippen LogP contribution in [0.2, 0.25) is 0 Å². The third-order valence-electron chi connectivity index (χ3n) is 0.828. The number of carboxylic acids is 3. The van der Waals surface area contributed by atoms with Crippen LogP contribution in [0.1, 0.15) is 6.42 Å². The van der Waals surface area contributed by atoms with Gasteiger partial charge in [0.2, 0.25) is 0 Å². The van der Waals surface area contributed by atoms with Gasteiger partial charge in [0.05, 0.1) is 13.0 Å². The van der Waals surface area contributed by atoms with Gasteiger partial charge in [0.15, 0.2) is 6.10 Å². The highest BCUT2D eigenvalue weighted by Gasteiger charge is 2.16. The zero-order chi connectivity index (χ0) is 11.7. The standard InChI is InChI=1S/C4H6O5.C2H5NO2/c5-2(4(8)9)1-3(6)7;3-1-2(4)5/h2,5H,1H2,(H,6,7)(H,8,9);1,3H2,(H,4,5). The lowest BCUT2D eigenvalue weighted by atomic mass is 10.3. The molecule has 0 bridgehead atoms. The number of carboxylic acid groups (broad SMARTS) is 3. The molecule has 0 aliphatic rings. The molecule has 0 radical (unpaired) electrons. The van der Waals surface area contributed by atoms with Crippen molar-refractivity contribution in [2.45, 2.75) is 12.5 Å². The van der Waals surface area contributed by atoms with Crippen LogP contribution in [0.5, 0.6) is 0 Å². The van der Waals surface area contributed by atoms with Gasteiger partial charge in [-0.25, -0.2) is 4.79 Å². The molecule has 1 unspecified atom stereocenters. The lowest BCUT2D eigenvalue weighted by Gasteiger charge is -1.97. The van der Waals surface area contributed by atoms with E-state index in [9.17, 15) is 14.4 Å². The van der Waals surface area contributed by atoms with Gasteiger partial charge in [-0.3, -0.25) is 9.59 Å². The van der Waals surface area contributed by atoms with E-state index in [-0.39, 0.29) is 6.54 Å². The Morgan fingerprint density at radius 2 is 1.43 bits per heavy atom. The molecule has 8 heteroatoms. The first-order valence-electron chi connectivity index (χ1n) is 3.35. The van der Waals surface area contributed by atoms with E-state index in [4.69, 9.17) is 20.4 Å². The van der Waals surface area contributed by atoms with Crippen molar-refractivity contribution < 1.29 is 34.8 Å². The molecule has 0 heterocycles. The first kappa shape index (κ1) is 14.8. The largest absolute Gasteiger partial charge is 0.481 e. The smallest absolute Gasteiger partial charge is 0.333 e. The summed E-state index contributed by atoms with van der Waals surface area (Å²) in [5, 5.41) is 31.7. The van der Waals surface area contributed by atoms with Gasteiger partial charge in [-0.2, -0.15) is 0 Å². The monoisotopic (exact) mass is 209 g/mol. The highest BCUT2D eigenvalue weighted by molar-refractivity contribution is 5.79. The lowest BCUT2D eigenvalue weighted by Crippen LogP contribution is -2.22. The Bertz CT molecular complexity index is 214. The third kappa shape index (κ3) is 13.0. The summed E-state index contributed by atoms with van der Waals surface area (Å²) < 4.78 is 0. The first-order chi connectivity index (χ1) is 6.31. The van der Waals surface area contributed by atoms with E-state index in [2.05, 4.69) is 5.73 Å². The molecule has 6 N–H and O–H groups in total. The highest BCUT2D eigenvalue weighted by Crippen LogP contribution is 1.89. The van der Waals surface area contributed by atoms with Gasteiger partial charge in [-0.1, -0.05) is 0 Å². The topological polar surface area (TPSA) is 158 Å². The zero-order valence-corrected chi connectivity index (χ0v) is 7.08. The second-order valence-electron chi connectivity index (χ2n) is 2.05. The molecule has 0 aromatic heterocycles. The van der Waals surface area contributed by atoms with Crippen LogP contribution in [0.3, 0.4) is 0 Å². The molecular formula is C6H11NO7. The summed E-state index contributed by atoms with van der Waals surface area (Å²) in [7, 11) is 0. The van der Waals surface area contributed by atoms with Crippen LogP contribution in [0.15, 0.2) is 0 Å². The minimum Gasteiger partial charge on any atom is -0.481 e. The summed E-state index contributed by atoms with van der Waals surface area (Å²) in [4.78, 5) is 28.7. The lowest BCUT2D eigenvalue weighted by molar-refractivity contribution is -0.152. The van der Waals surface area contributed by atoms with Gasteiger partial charge >= 0.3 is 17.9 Å². The van der Waals surface area contributed by atoms with Gasteiger partial charge in [-0.05, 0) is 0 Å². The molecule has 0 fully saturated rings. The quantitative estimate of drug-likeness (QED) is 0.353. The molecule has 8 nitrogen and oxygen atoms in total. The van der Waals surface area contributed by atoms with E-state index in [1.165, 1.54) is 0 Å². The molecule has 0 amide bonds. The Morgan fingerprint density at radius 1 is 1.07 bits per heavy atom. The van der Waals surface area contributed by atoms with E-state index in [0.29, 0.717) is 0 Å². The maximum atomic E-state index is 9.72. The summed E-state index contributed by atoms with van der Waals surface area (Å²) in [5.41, 5.74) is 4.57. The molecule has 0 aliphatic carbocycles. The first-order valence-corrected chi connectivity index (χ1v) is 3.35. The summed E-state index contributed by atoms with van der Waals surface area (Å²) in [6.07, 6.45) is -2.54. The molecule has 0 spiro atoms. The van der Waals surface area contributed by atoms with Crippen molar-refractivity contribution in [3.05, 3.63) is 0 Å². The fourth-order valence-electron chi connectivity index (χ4n) is 0.253. The van der Waals surface area contributed by atoms with Gasteiger partial charge in [-0.15, -0.1) is 0 Å². The predicted molar refractivity (Wildman–Crippen MR) is 42.6 cm³/mol. The highest BCUT2D eigenvalue weighted by atomic mass is 16.4. The second kappa shape index (κ2) is 7.95. The molecule has 0 saturated heterocycles. The van der Waals surface area contributed by atoms with Crippen LogP contribution in [-0.4, -0.2) is 51.0 Å². The third-order valence-corrected chi connectivity index (χ3v) is 0.828. The number of carbonyl (C=O) groups is 3. The molecule has 82 valence electrons. The van der Waals surface area contributed by atoms with Crippen molar-refractivity contribution in [2.24, 2.45) is 5.73 Å². The van der Waals surface area contributed by atoms with Crippen molar-refractivity contribution in [1.82, 2.24) is 0 Å². The SMILES string of the molecule is NCC(=O)O.O=C(O)CC(O)C(=O)O. The Morgan fingerprint density at radius 3 is 1.50 bits per heavy atom. The van der Waals surface area contributed by atoms with Gasteiger partial charge in [0, 0.05) is 0 Å². The van der Waals surface area contributed by atoms with Crippen LogP contribution in [-0.2, 0) is 14.4 Å². The fourth-order valence-corrected chi connectivity index (χ4v) is 0.253. The van der Waals surface area contributed by atoms with E-state index < -0.39 is 30.4 Å². The Balaban J connectivity index is 0. The van der Waals surface area contributed by atoms with E-state index >= 15 is 0 Å². The Hall–Kier alpha value is -1.67. The number of aliphatic carboxylic acids is 3. The van der Waals surface area contributed by atoms with Crippen molar-refractivity contribution in [3.63, 3.8) is 0 Å². The number of hydrogen-bond donors (Lipinski definition) is 5. The maximum Gasteiger partial charge on any atom is 0.333 e. The number of aliphatic hydroxyl groups excluding tert-OH is 1. The normalized spacial score (nSPS) is 10.7. The molecule has 0 aromatic rings. The molecule has 14 heavy (non-hydrogen) atoms.